The lowest BCUT2D eigenvalue weighted by Crippen LogP contribution is -2.52. The smallest absolute Gasteiger partial charge is 0.241 e. The van der Waals surface area contributed by atoms with Gasteiger partial charge in [-0.05, 0) is 14.0 Å². The van der Waals surface area contributed by atoms with Crippen LogP contribution in [0.15, 0.2) is 0 Å². The molecule has 0 unspecified atom stereocenters. The molecule has 0 aromatic carbocycles. The molecule has 2 saturated heterocycles. The Kier molecular flexibility index (Phi) is 4.62. The summed E-state index contributed by atoms with van der Waals surface area (Å²) in [5.74, 6) is 1.04. The fourth-order valence-electron chi connectivity index (χ4n) is 3.78. The molecule has 1 aromatic heterocycles. The van der Waals surface area contributed by atoms with E-state index in [1.165, 1.54) is 0 Å². The predicted molar refractivity (Wildman–Crippen MR) is 90.6 cm³/mol. The van der Waals surface area contributed by atoms with Gasteiger partial charge in [0.2, 0.25) is 11.8 Å². The van der Waals surface area contributed by atoms with E-state index in [9.17, 15) is 9.59 Å². The molecule has 0 radical (unpaired) electrons. The molecule has 7 heteroatoms. The zero-order valence-corrected chi connectivity index (χ0v) is 15.0. The minimum absolute atomic E-state index is 0.0155. The fraction of sp³-hybridized carbons (Fsp3) is 0.706. The number of H-pyrrole nitrogens is 1. The number of hydrogen-bond acceptors (Lipinski definition) is 4. The Morgan fingerprint density at radius 3 is 2.67 bits per heavy atom. The lowest BCUT2D eigenvalue weighted by Gasteiger charge is -2.34. The molecule has 3 rings (SSSR count). The van der Waals surface area contributed by atoms with Crippen LogP contribution in [-0.4, -0.2) is 83.3 Å². The van der Waals surface area contributed by atoms with Crippen LogP contribution < -0.4 is 0 Å². The van der Waals surface area contributed by atoms with Crippen molar-refractivity contribution in [3.8, 4) is 0 Å². The second-order valence-corrected chi connectivity index (χ2v) is 7.06. The molecule has 2 aliphatic heterocycles. The third-order valence-corrected chi connectivity index (χ3v) is 5.25. The first-order chi connectivity index (χ1) is 11.4. The van der Waals surface area contributed by atoms with Crippen LogP contribution in [0.1, 0.15) is 30.1 Å². The Morgan fingerprint density at radius 1 is 1.29 bits per heavy atom. The quantitative estimate of drug-likeness (QED) is 0.859. The van der Waals surface area contributed by atoms with Gasteiger partial charge < -0.3 is 19.7 Å². The lowest BCUT2D eigenvalue weighted by atomic mass is 9.90. The molecule has 2 amide bonds. The molecule has 0 saturated carbocycles. The van der Waals surface area contributed by atoms with E-state index in [0.717, 1.165) is 36.7 Å². The van der Waals surface area contributed by atoms with E-state index in [2.05, 4.69) is 16.8 Å². The van der Waals surface area contributed by atoms with Crippen LogP contribution in [0.2, 0.25) is 0 Å². The standard InChI is InChI=1S/C17H27N5O2/c1-5-14-18-11(2)16(19-14)12-8-20(3)9-13(12)17(24)22-7-6-21(4)15(23)10-22/h12-13H,5-10H2,1-4H3,(H,18,19)/t12-,13-/m1/s1. The Hall–Kier alpha value is -1.89. The molecule has 0 spiro atoms. The van der Waals surface area contributed by atoms with Crippen molar-refractivity contribution in [2.45, 2.75) is 26.2 Å². The fourth-order valence-corrected chi connectivity index (χ4v) is 3.78. The van der Waals surface area contributed by atoms with Gasteiger partial charge in [0.15, 0.2) is 0 Å². The maximum atomic E-state index is 13.1. The molecule has 0 bridgehead atoms. The number of nitrogens with zero attached hydrogens (tertiary/aromatic N) is 4. The van der Waals surface area contributed by atoms with E-state index in [0.29, 0.717) is 13.1 Å². The Bertz CT molecular complexity index is 641. The summed E-state index contributed by atoms with van der Waals surface area (Å²) < 4.78 is 0. The highest BCUT2D eigenvalue weighted by atomic mass is 16.2. The largest absolute Gasteiger partial charge is 0.346 e. The number of rotatable bonds is 3. The maximum Gasteiger partial charge on any atom is 0.241 e. The minimum atomic E-state index is -0.127. The number of likely N-dealkylation sites (tertiary alicyclic amines) is 1. The van der Waals surface area contributed by atoms with Crippen molar-refractivity contribution < 1.29 is 9.59 Å². The average molecular weight is 333 g/mol. The van der Waals surface area contributed by atoms with Crippen molar-refractivity contribution in [2.24, 2.45) is 5.92 Å². The minimum Gasteiger partial charge on any atom is -0.346 e. The van der Waals surface area contributed by atoms with E-state index in [4.69, 9.17) is 4.98 Å². The lowest BCUT2D eigenvalue weighted by molar-refractivity contribution is -0.146. The Labute approximate surface area is 143 Å². The van der Waals surface area contributed by atoms with E-state index in [1.807, 2.05) is 14.0 Å². The van der Waals surface area contributed by atoms with Gasteiger partial charge >= 0.3 is 0 Å². The molecule has 1 N–H and O–H groups in total. The number of likely N-dealkylation sites (N-methyl/N-ethyl adjacent to an activating group) is 2. The van der Waals surface area contributed by atoms with Gasteiger partial charge in [-0.25, -0.2) is 4.98 Å². The van der Waals surface area contributed by atoms with Crippen molar-refractivity contribution in [1.29, 1.82) is 0 Å². The number of aromatic amines is 1. The van der Waals surface area contributed by atoms with Crippen LogP contribution in [-0.2, 0) is 16.0 Å². The van der Waals surface area contributed by atoms with Crippen molar-refractivity contribution in [3.05, 3.63) is 17.2 Å². The van der Waals surface area contributed by atoms with Gasteiger partial charge in [-0.1, -0.05) is 6.92 Å². The summed E-state index contributed by atoms with van der Waals surface area (Å²) in [5, 5.41) is 0. The summed E-state index contributed by atoms with van der Waals surface area (Å²) in [6.07, 6.45) is 0.856. The Balaban J connectivity index is 1.81. The number of piperazine rings is 1. The summed E-state index contributed by atoms with van der Waals surface area (Å²) in [6.45, 7) is 7.07. The van der Waals surface area contributed by atoms with Crippen molar-refractivity contribution >= 4 is 11.8 Å². The zero-order valence-electron chi connectivity index (χ0n) is 15.0. The SMILES string of the molecule is CCc1nc([C@@H]2CN(C)C[C@H]2C(=O)N2CCN(C)C(=O)C2)c(C)[nH]1. The number of carbonyl (C=O) groups excluding carboxylic acids is 2. The number of aryl methyl sites for hydroxylation is 2. The highest BCUT2D eigenvalue weighted by molar-refractivity contribution is 5.87. The van der Waals surface area contributed by atoms with E-state index < -0.39 is 0 Å². The van der Waals surface area contributed by atoms with E-state index >= 15 is 0 Å². The summed E-state index contributed by atoms with van der Waals surface area (Å²) in [5.41, 5.74) is 2.06. The predicted octanol–water partition coefficient (Wildman–Crippen LogP) is 0.226. The van der Waals surface area contributed by atoms with Gasteiger partial charge in [-0.2, -0.15) is 0 Å². The van der Waals surface area contributed by atoms with Crippen LogP contribution in [0.4, 0.5) is 0 Å². The van der Waals surface area contributed by atoms with Gasteiger partial charge in [-0.3, -0.25) is 9.59 Å². The molecule has 132 valence electrons. The van der Waals surface area contributed by atoms with Crippen LogP contribution >= 0.6 is 0 Å². The summed E-state index contributed by atoms with van der Waals surface area (Å²) in [4.78, 5) is 38.6. The first-order valence-electron chi connectivity index (χ1n) is 8.67. The normalized spacial score (nSPS) is 25.6. The molecule has 2 atom stereocenters. The van der Waals surface area contributed by atoms with Crippen LogP contribution in [0.5, 0.6) is 0 Å². The Morgan fingerprint density at radius 2 is 2.04 bits per heavy atom. The second-order valence-electron chi connectivity index (χ2n) is 7.06. The monoisotopic (exact) mass is 333 g/mol. The zero-order chi connectivity index (χ0) is 17.4. The van der Waals surface area contributed by atoms with Gasteiger partial charge in [0.1, 0.15) is 5.82 Å². The third-order valence-electron chi connectivity index (χ3n) is 5.25. The van der Waals surface area contributed by atoms with E-state index in [1.54, 1.807) is 16.8 Å². The number of carbonyl (C=O) groups is 2. The molecule has 0 aliphatic carbocycles. The van der Waals surface area contributed by atoms with Crippen LogP contribution in [0.3, 0.4) is 0 Å². The number of aromatic nitrogens is 2. The number of nitrogens with one attached hydrogen (secondary N) is 1. The first kappa shape index (κ1) is 17.0. The highest BCUT2D eigenvalue weighted by Crippen LogP contribution is 2.34. The van der Waals surface area contributed by atoms with Gasteiger partial charge in [0.25, 0.3) is 0 Å². The van der Waals surface area contributed by atoms with Crippen LogP contribution in [0.25, 0.3) is 0 Å². The first-order valence-corrected chi connectivity index (χ1v) is 8.67. The third kappa shape index (κ3) is 3.05. The summed E-state index contributed by atoms with van der Waals surface area (Å²) >= 11 is 0. The summed E-state index contributed by atoms with van der Waals surface area (Å²) in [7, 11) is 3.83. The number of amides is 2. The van der Waals surface area contributed by atoms with Gasteiger partial charge in [0, 0.05) is 51.3 Å². The molecule has 3 heterocycles. The molecular formula is C17H27N5O2. The summed E-state index contributed by atoms with van der Waals surface area (Å²) in [6, 6.07) is 0. The number of hydrogen-bond donors (Lipinski definition) is 1. The number of imidazole rings is 1. The average Bonchev–Trinajstić information content (AvgIpc) is 3.11. The van der Waals surface area contributed by atoms with E-state index in [-0.39, 0.29) is 30.2 Å². The van der Waals surface area contributed by atoms with Gasteiger partial charge in [-0.15, -0.1) is 0 Å². The highest BCUT2D eigenvalue weighted by Gasteiger charge is 2.42. The molecule has 1 aromatic rings. The molecular weight excluding hydrogens is 306 g/mol. The molecule has 2 fully saturated rings. The molecule has 24 heavy (non-hydrogen) atoms. The van der Waals surface area contributed by atoms with Crippen LogP contribution in [0, 0.1) is 12.8 Å². The molecule has 7 nitrogen and oxygen atoms in total. The maximum absolute atomic E-state index is 13.1. The van der Waals surface area contributed by atoms with Gasteiger partial charge in [0.05, 0.1) is 18.2 Å². The second kappa shape index (κ2) is 6.55. The van der Waals surface area contributed by atoms with Crippen molar-refractivity contribution in [2.75, 3.05) is 46.8 Å². The van der Waals surface area contributed by atoms with Crippen molar-refractivity contribution in [1.82, 2.24) is 24.7 Å². The topological polar surface area (TPSA) is 72.5 Å². The van der Waals surface area contributed by atoms with Crippen molar-refractivity contribution in [3.63, 3.8) is 0 Å². The molecule has 2 aliphatic rings.